The molecule has 1 spiro atoms. The van der Waals surface area contributed by atoms with Crippen LogP contribution in [0.1, 0.15) is 54.5 Å². The van der Waals surface area contributed by atoms with Crippen molar-refractivity contribution in [3.8, 4) is 11.5 Å². The van der Waals surface area contributed by atoms with Gasteiger partial charge in [0.2, 0.25) is 21.8 Å². The summed E-state index contributed by atoms with van der Waals surface area (Å²) in [5.41, 5.74) is -0.228. The Morgan fingerprint density at radius 1 is 1.00 bits per heavy atom. The van der Waals surface area contributed by atoms with E-state index in [2.05, 4.69) is 10.6 Å². The first-order chi connectivity index (χ1) is 20.6. The van der Waals surface area contributed by atoms with Gasteiger partial charge in [0.25, 0.3) is 5.91 Å². The molecule has 3 amide bonds. The maximum atomic E-state index is 14.5. The molecule has 3 atom stereocenters. The van der Waals surface area contributed by atoms with Crippen LogP contribution in [-0.4, -0.2) is 45.1 Å². The number of hydrogen-bond donors (Lipinski definition) is 3. The molecule has 0 saturated carbocycles. The molecule has 5 rings (SSSR count). The van der Waals surface area contributed by atoms with E-state index in [-0.39, 0.29) is 18.1 Å². The molecule has 3 aromatic carbocycles. The molecule has 0 aliphatic carbocycles. The Morgan fingerprint density at radius 2 is 1.66 bits per heavy atom. The number of piperidine rings is 1. The summed E-state index contributed by atoms with van der Waals surface area (Å²) in [5.74, 6) is -1.91. The van der Waals surface area contributed by atoms with Crippen LogP contribution in [0, 0.1) is 6.92 Å². The molecule has 3 N–H and O–H groups in total. The highest BCUT2D eigenvalue weighted by molar-refractivity contribution is 7.89. The molecule has 3 aromatic rings. The maximum absolute atomic E-state index is 14.5. The van der Waals surface area contributed by atoms with Gasteiger partial charge in [-0.2, -0.15) is 0 Å². The van der Waals surface area contributed by atoms with E-state index in [0.29, 0.717) is 38.2 Å². The van der Waals surface area contributed by atoms with Crippen molar-refractivity contribution in [1.29, 1.82) is 0 Å². The van der Waals surface area contributed by atoms with Gasteiger partial charge in [-0.25, -0.2) is 13.1 Å². The minimum Gasteiger partial charge on any atom is -0.496 e. The molecular formula is C31H31Cl2N3O7S. The number of aryl methyl sites for hydroxylation is 1. The van der Waals surface area contributed by atoms with Gasteiger partial charge in [0.05, 0.1) is 19.4 Å². The monoisotopic (exact) mass is 659 g/mol. The molecule has 13 heteroatoms. The molecule has 1 unspecified atom stereocenters. The summed E-state index contributed by atoms with van der Waals surface area (Å²) in [6, 6.07) is 14.3. The van der Waals surface area contributed by atoms with Gasteiger partial charge in [-0.05, 0) is 62.7 Å². The van der Waals surface area contributed by atoms with E-state index in [9.17, 15) is 22.8 Å². The first-order valence-corrected chi connectivity index (χ1v) is 16.3. The number of ether oxygens (including phenoxy) is 2. The van der Waals surface area contributed by atoms with E-state index in [1.807, 2.05) is 23.8 Å². The lowest BCUT2D eigenvalue weighted by Gasteiger charge is -2.47. The van der Waals surface area contributed by atoms with Crippen LogP contribution < -0.4 is 24.8 Å². The van der Waals surface area contributed by atoms with E-state index in [0.717, 1.165) is 11.8 Å². The van der Waals surface area contributed by atoms with Crippen LogP contribution in [0.15, 0.2) is 54.6 Å². The number of amides is 3. The van der Waals surface area contributed by atoms with Gasteiger partial charge in [0.1, 0.15) is 16.9 Å². The lowest BCUT2D eigenvalue weighted by molar-refractivity contribution is -0.133. The molecule has 2 aliphatic heterocycles. The molecule has 2 aliphatic rings. The first-order valence-electron chi connectivity index (χ1n) is 13.6. The van der Waals surface area contributed by atoms with Crippen LogP contribution in [0.25, 0.3) is 0 Å². The Balaban J connectivity index is 1.77. The fraction of sp³-hybridized carbons (Fsp3) is 0.323. The Bertz CT molecular complexity index is 1810. The fourth-order valence-electron chi connectivity index (χ4n) is 6.10. The van der Waals surface area contributed by atoms with Crippen molar-refractivity contribution in [1.82, 2.24) is 10.0 Å². The fourth-order valence-corrected chi connectivity index (χ4v) is 7.03. The number of methoxy groups -OCH3 is 1. The zero-order chi connectivity index (χ0) is 32.2. The van der Waals surface area contributed by atoms with Gasteiger partial charge in [-0.1, -0.05) is 47.0 Å². The minimum absolute atomic E-state index is 0.146. The number of rotatable bonds is 7. The third-order valence-corrected chi connectivity index (χ3v) is 9.01. The third-order valence-electron chi connectivity index (χ3n) is 7.98. The predicted octanol–water partition coefficient (Wildman–Crippen LogP) is 4.78. The molecular weight excluding hydrogens is 629 g/mol. The molecule has 1 saturated heterocycles. The van der Waals surface area contributed by atoms with Gasteiger partial charge >= 0.3 is 0 Å². The maximum Gasteiger partial charge on any atom is 0.277 e. The van der Waals surface area contributed by atoms with Crippen molar-refractivity contribution in [3.63, 3.8) is 0 Å². The van der Waals surface area contributed by atoms with Crippen molar-refractivity contribution >= 4 is 56.6 Å². The van der Waals surface area contributed by atoms with E-state index in [4.69, 9.17) is 32.7 Å². The zero-order valence-electron chi connectivity index (χ0n) is 24.6. The number of carbonyl (C=O) groups excluding carboxylic acids is 3. The van der Waals surface area contributed by atoms with Crippen LogP contribution in [-0.2, 0) is 29.8 Å². The normalized spacial score (nSPS) is 21.3. The lowest BCUT2D eigenvalue weighted by Crippen LogP contribution is -2.57. The predicted molar refractivity (Wildman–Crippen MR) is 167 cm³/mol. The largest absolute Gasteiger partial charge is 0.496 e. The number of sulfonamides is 1. The molecule has 232 valence electrons. The van der Waals surface area contributed by atoms with Crippen molar-refractivity contribution < 1.29 is 32.3 Å². The number of halogens is 2. The number of anilines is 1. The Kier molecular flexibility index (Phi) is 8.11. The summed E-state index contributed by atoms with van der Waals surface area (Å²) in [5, 5.41) is 6.74. The molecule has 0 aromatic heterocycles. The quantitative estimate of drug-likeness (QED) is 0.332. The lowest BCUT2D eigenvalue weighted by atomic mass is 9.59. The van der Waals surface area contributed by atoms with E-state index in [1.54, 1.807) is 36.4 Å². The summed E-state index contributed by atoms with van der Waals surface area (Å²) in [7, 11) is -2.37. The summed E-state index contributed by atoms with van der Waals surface area (Å²) >= 11 is 12.8. The second kappa shape index (κ2) is 11.3. The third kappa shape index (κ3) is 5.60. The number of fused-ring (bicyclic) bond motifs is 2. The Morgan fingerprint density at radius 3 is 2.34 bits per heavy atom. The topological polar surface area (TPSA) is 140 Å². The van der Waals surface area contributed by atoms with Crippen molar-refractivity contribution in [3.05, 3.63) is 86.9 Å². The van der Waals surface area contributed by atoms with Crippen LogP contribution in [0.3, 0.4) is 0 Å². The van der Waals surface area contributed by atoms with Gasteiger partial charge in [-0.15, -0.1) is 0 Å². The number of carbonyl (C=O) groups is 3. The Hall–Kier alpha value is -3.80. The van der Waals surface area contributed by atoms with E-state index >= 15 is 0 Å². The smallest absolute Gasteiger partial charge is 0.277 e. The van der Waals surface area contributed by atoms with Gasteiger partial charge in [-0.3, -0.25) is 14.4 Å². The Labute approximate surface area is 265 Å². The van der Waals surface area contributed by atoms with Gasteiger partial charge < -0.3 is 20.1 Å². The second-order valence-corrected chi connectivity index (χ2v) is 14.1. The molecule has 0 radical (unpaired) electrons. The van der Waals surface area contributed by atoms with E-state index in [1.165, 1.54) is 27.0 Å². The minimum atomic E-state index is -3.88. The van der Waals surface area contributed by atoms with Gasteiger partial charge in [0, 0.05) is 39.2 Å². The van der Waals surface area contributed by atoms with Crippen LogP contribution in [0.5, 0.6) is 11.5 Å². The average Bonchev–Trinajstić information content (AvgIpc) is 3.20. The van der Waals surface area contributed by atoms with Crippen LogP contribution in [0.2, 0.25) is 10.0 Å². The zero-order valence-corrected chi connectivity index (χ0v) is 26.9. The summed E-state index contributed by atoms with van der Waals surface area (Å²) < 4.78 is 37.5. The molecule has 10 nitrogen and oxygen atoms in total. The summed E-state index contributed by atoms with van der Waals surface area (Å²) in [6.45, 7) is 4.72. The second-order valence-electron chi connectivity index (χ2n) is 11.5. The number of benzene rings is 3. The van der Waals surface area contributed by atoms with Crippen LogP contribution >= 0.6 is 23.2 Å². The highest BCUT2D eigenvalue weighted by atomic mass is 35.5. The molecule has 0 bridgehead atoms. The number of hydrogen-bond acceptors (Lipinski definition) is 7. The SMILES string of the molecule is COc1ccc(C)cc1[C@@H]1NC(=O)C[C@H](c2cc(Cl)ccc2OC(C)(C)C(=O)NS(C)(=O)=O)C12C(=O)Nc1cc(Cl)ccc12. The highest BCUT2D eigenvalue weighted by Gasteiger charge is 2.62. The summed E-state index contributed by atoms with van der Waals surface area (Å²) in [4.78, 5) is 41.0. The standard InChI is InChI=1S/C31H31Cl2N3O7S/c1-16-6-10-24(42-4)20(12-16)27-31(21-9-7-18(33)14-23(21)34-29(31)39)22(15-26(37)35-27)19-13-17(32)8-11-25(19)43-30(2,3)28(38)36-44(5,40)41/h6-14,22,27H,15H2,1-5H3,(H,34,39)(H,35,37)(H,36,38)/t22-,27+,31?/m1/s1. The molecule has 44 heavy (non-hydrogen) atoms. The average molecular weight is 661 g/mol. The number of nitrogens with one attached hydrogen (secondary N) is 3. The highest BCUT2D eigenvalue weighted by Crippen LogP contribution is 2.59. The van der Waals surface area contributed by atoms with Crippen molar-refractivity contribution in [2.75, 3.05) is 18.7 Å². The molecule has 1 fully saturated rings. The summed E-state index contributed by atoms with van der Waals surface area (Å²) in [6.07, 6.45) is 0.716. The van der Waals surface area contributed by atoms with Gasteiger partial charge in [0.15, 0.2) is 5.60 Å². The van der Waals surface area contributed by atoms with Crippen molar-refractivity contribution in [2.45, 2.75) is 50.2 Å². The van der Waals surface area contributed by atoms with E-state index < -0.39 is 44.8 Å². The van der Waals surface area contributed by atoms with Crippen molar-refractivity contribution in [2.24, 2.45) is 0 Å². The molecule has 2 heterocycles. The van der Waals surface area contributed by atoms with Crippen LogP contribution in [0.4, 0.5) is 5.69 Å². The first kappa shape index (κ1) is 31.6.